The van der Waals surface area contributed by atoms with Gasteiger partial charge in [0.05, 0.1) is 18.8 Å². The van der Waals surface area contributed by atoms with Gasteiger partial charge < -0.3 is 15.1 Å². The Morgan fingerprint density at radius 2 is 1.97 bits per heavy atom. The molecule has 0 aliphatic carbocycles. The van der Waals surface area contributed by atoms with E-state index in [4.69, 9.17) is 9.41 Å². The third-order valence-electron chi connectivity index (χ3n) is 5.66. The average Bonchev–Trinajstić information content (AvgIpc) is 3.04. The normalized spacial score (nSPS) is 17.5. The summed E-state index contributed by atoms with van der Waals surface area (Å²) in [6.07, 6.45) is 3.96. The first-order chi connectivity index (χ1) is 14.1. The highest BCUT2D eigenvalue weighted by Crippen LogP contribution is 2.21. The minimum atomic E-state index is 0. The second kappa shape index (κ2) is 12.3. The third kappa shape index (κ3) is 6.97. The van der Waals surface area contributed by atoms with Crippen molar-refractivity contribution in [1.29, 1.82) is 0 Å². The number of aryl methyl sites for hydroxylation is 2. The van der Waals surface area contributed by atoms with Gasteiger partial charge in [0, 0.05) is 19.1 Å². The molecule has 0 saturated carbocycles. The number of nitrogens with zero attached hydrogens (tertiary/aromatic N) is 3. The molecule has 1 aliphatic rings. The van der Waals surface area contributed by atoms with Gasteiger partial charge in [0.1, 0.15) is 5.76 Å². The molecule has 0 amide bonds. The number of hydrogen-bond donors (Lipinski definition) is 2. The van der Waals surface area contributed by atoms with Crippen LogP contribution >= 0.6 is 24.0 Å². The standard InChI is InChI=1S/C23H35N5O.HI/c1-5-24-23(26-15-22-27-18(3)19(4)29-22)25-14-20-11-6-7-12-21(20)16-28-13-9-8-10-17(28)2;/h6-7,11-12,17H,5,8-10,13-16H2,1-4H3,(H2,24,25,26);1H. The van der Waals surface area contributed by atoms with Crippen LogP contribution in [0.3, 0.4) is 0 Å². The molecule has 30 heavy (non-hydrogen) atoms. The molecule has 1 saturated heterocycles. The van der Waals surface area contributed by atoms with E-state index in [1.54, 1.807) is 0 Å². The van der Waals surface area contributed by atoms with Gasteiger partial charge in [-0.2, -0.15) is 0 Å². The first-order valence-electron chi connectivity index (χ1n) is 10.8. The van der Waals surface area contributed by atoms with Gasteiger partial charge >= 0.3 is 0 Å². The number of benzene rings is 1. The Morgan fingerprint density at radius 1 is 1.20 bits per heavy atom. The number of halogens is 1. The van der Waals surface area contributed by atoms with E-state index in [9.17, 15) is 0 Å². The van der Waals surface area contributed by atoms with Gasteiger partial charge in [-0.05, 0) is 58.2 Å². The van der Waals surface area contributed by atoms with Gasteiger partial charge in [0.15, 0.2) is 5.96 Å². The number of aliphatic imine (C=N–C) groups is 1. The van der Waals surface area contributed by atoms with E-state index in [1.807, 2.05) is 13.8 Å². The van der Waals surface area contributed by atoms with Crippen LogP contribution in [-0.2, 0) is 19.6 Å². The van der Waals surface area contributed by atoms with E-state index in [0.717, 1.165) is 30.5 Å². The number of hydrogen-bond acceptors (Lipinski definition) is 4. The summed E-state index contributed by atoms with van der Waals surface area (Å²) < 4.78 is 5.66. The van der Waals surface area contributed by atoms with Crippen LogP contribution in [0.1, 0.15) is 61.6 Å². The summed E-state index contributed by atoms with van der Waals surface area (Å²) >= 11 is 0. The van der Waals surface area contributed by atoms with Crippen molar-refractivity contribution >= 4 is 29.9 Å². The lowest BCUT2D eigenvalue weighted by molar-refractivity contribution is 0.152. The van der Waals surface area contributed by atoms with Gasteiger partial charge in [-0.1, -0.05) is 30.7 Å². The number of oxazole rings is 1. The molecule has 2 aromatic rings. The van der Waals surface area contributed by atoms with Crippen LogP contribution in [0.2, 0.25) is 0 Å². The van der Waals surface area contributed by atoms with Crippen molar-refractivity contribution in [2.75, 3.05) is 13.1 Å². The first-order valence-corrected chi connectivity index (χ1v) is 10.8. The second-order valence-electron chi connectivity index (χ2n) is 7.88. The largest absolute Gasteiger partial charge is 0.444 e. The van der Waals surface area contributed by atoms with Gasteiger partial charge in [-0.3, -0.25) is 4.90 Å². The highest BCUT2D eigenvalue weighted by molar-refractivity contribution is 14.0. The van der Waals surface area contributed by atoms with Crippen molar-refractivity contribution in [3.05, 3.63) is 52.7 Å². The zero-order chi connectivity index (χ0) is 20.6. The van der Waals surface area contributed by atoms with Crippen LogP contribution in [0, 0.1) is 13.8 Å². The van der Waals surface area contributed by atoms with E-state index in [0.29, 0.717) is 25.0 Å². The number of nitrogens with one attached hydrogen (secondary N) is 2. The molecular weight excluding hydrogens is 489 g/mol. The number of likely N-dealkylation sites (tertiary alicyclic amines) is 1. The average molecular weight is 525 g/mol. The predicted molar refractivity (Wildman–Crippen MR) is 133 cm³/mol. The van der Waals surface area contributed by atoms with Crippen LogP contribution < -0.4 is 10.6 Å². The predicted octanol–water partition coefficient (Wildman–Crippen LogP) is 4.54. The topological polar surface area (TPSA) is 65.7 Å². The molecule has 7 heteroatoms. The molecule has 2 N–H and O–H groups in total. The maximum absolute atomic E-state index is 5.66. The van der Waals surface area contributed by atoms with E-state index in [-0.39, 0.29) is 24.0 Å². The van der Waals surface area contributed by atoms with Crippen LogP contribution in [0.25, 0.3) is 0 Å². The van der Waals surface area contributed by atoms with E-state index >= 15 is 0 Å². The summed E-state index contributed by atoms with van der Waals surface area (Å²) in [5.74, 6) is 2.33. The minimum absolute atomic E-state index is 0. The smallest absolute Gasteiger partial charge is 0.214 e. The molecule has 0 bridgehead atoms. The summed E-state index contributed by atoms with van der Waals surface area (Å²) in [5, 5.41) is 6.64. The van der Waals surface area contributed by atoms with E-state index in [1.165, 1.54) is 36.9 Å². The van der Waals surface area contributed by atoms with Crippen molar-refractivity contribution in [3.63, 3.8) is 0 Å². The fourth-order valence-corrected chi connectivity index (χ4v) is 3.76. The second-order valence-corrected chi connectivity index (χ2v) is 7.88. The molecule has 2 heterocycles. The molecule has 1 aromatic heterocycles. The van der Waals surface area contributed by atoms with Gasteiger partial charge in [-0.15, -0.1) is 24.0 Å². The molecule has 0 radical (unpaired) electrons. The van der Waals surface area contributed by atoms with Crippen LogP contribution in [0.15, 0.2) is 33.7 Å². The minimum Gasteiger partial charge on any atom is -0.444 e. The Hall–Kier alpha value is -1.61. The molecule has 6 nitrogen and oxygen atoms in total. The molecule has 1 fully saturated rings. The van der Waals surface area contributed by atoms with Crippen LogP contribution in [-0.4, -0.2) is 35.0 Å². The summed E-state index contributed by atoms with van der Waals surface area (Å²) in [7, 11) is 0. The molecule has 3 rings (SSSR count). The van der Waals surface area contributed by atoms with Gasteiger partial charge in [0.25, 0.3) is 0 Å². The third-order valence-corrected chi connectivity index (χ3v) is 5.66. The number of guanidine groups is 1. The van der Waals surface area contributed by atoms with Crippen molar-refractivity contribution in [3.8, 4) is 0 Å². The van der Waals surface area contributed by atoms with E-state index < -0.39 is 0 Å². The molecule has 1 aliphatic heterocycles. The van der Waals surface area contributed by atoms with E-state index in [2.05, 4.69) is 58.6 Å². The Kier molecular flexibility index (Phi) is 10.1. The summed E-state index contributed by atoms with van der Waals surface area (Å²) in [5.41, 5.74) is 3.59. The number of rotatable bonds is 7. The molecule has 1 aromatic carbocycles. The summed E-state index contributed by atoms with van der Waals surface area (Å²) in [4.78, 5) is 11.8. The highest BCUT2D eigenvalue weighted by atomic mass is 127. The number of piperidine rings is 1. The lowest BCUT2D eigenvalue weighted by atomic mass is 10.0. The molecule has 166 valence electrons. The zero-order valence-electron chi connectivity index (χ0n) is 18.7. The van der Waals surface area contributed by atoms with Crippen LogP contribution in [0.4, 0.5) is 0 Å². The Morgan fingerprint density at radius 3 is 2.63 bits per heavy atom. The maximum atomic E-state index is 5.66. The molecule has 0 spiro atoms. The molecule has 1 atom stereocenters. The monoisotopic (exact) mass is 525 g/mol. The fraction of sp³-hybridized carbons (Fsp3) is 0.565. The van der Waals surface area contributed by atoms with Crippen molar-refractivity contribution in [2.24, 2.45) is 4.99 Å². The maximum Gasteiger partial charge on any atom is 0.214 e. The molecular formula is C23H36IN5O. The lowest BCUT2D eigenvalue weighted by Gasteiger charge is -2.33. The zero-order valence-corrected chi connectivity index (χ0v) is 21.0. The quantitative estimate of drug-likeness (QED) is 0.316. The first kappa shape index (κ1) is 24.7. The van der Waals surface area contributed by atoms with Crippen molar-refractivity contribution in [1.82, 2.24) is 20.5 Å². The summed E-state index contributed by atoms with van der Waals surface area (Å²) in [6, 6.07) is 9.33. The Balaban J connectivity index is 0.00000320. The van der Waals surface area contributed by atoms with Gasteiger partial charge in [0.2, 0.25) is 5.89 Å². The fourth-order valence-electron chi connectivity index (χ4n) is 3.76. The van der Waals surface area contributed by atoms with Crippen molar-refractivity contribution < 1.29 is 4.42 Å². The highest BCUT2D eigenvalue weighted by Gasteiger charge is 2.19. The van der Waals surface area contributed by atoms with Gasteiger partial charge in [-0.25, -0.2) is 9.98 Å². The van der Waals surface area contributed by atoms with Crippen molar-refractivity contribution in [2.45, 2.75) is 72.6 Å². The Bertz CT molecular complexity index is 800. The SMILES string of the molecule is CCNC(=NCc1ccccc1CN1CCCCC1C)NCc1nc(C)c(C)o1.I. The lowest BCUT2D eigenvalue weighted by Crippen LogP contribution is -2.37. The number of aromatic nitrogens is 1. The van der Waals surface area contributed by atoms with Crippen LogP contribution in [0.5, 0.6) is 0 Å². The molecule has 1 unspecified atom stereocenters. The Labute approximate surface area is 198 Å². The summed E-state index contributed by atoms with van der Waals surface area (Å²) in [6.45, 7) is 12.5.